The van der Waals surface area contributed by atoms with Crippen LogP contribution < -0.4 is 0 Å². The number of hydrogen-bond donors (Lipinski definition) is 0. The van der Waals surface area contributed by atoms with Crippen LogP contribution in [0.2, 0.25) is 0 Å². The highest BCUT2D eigenvalue weighted by Gasteiger charge is 2.18. The standard InChI is InChI=1S/C18H21N3O/c1-14-6-4-7-15(12-14)16(20(2)3)13-21-10-9-19-18(21)17-8-5-11-22-17/h4-12,16H,13H2,1-3H3/t16-/m0/s1. The molecule has 1 aromatic carbocycles. The van der Waals surface area contributed by atoms with Gasteiger partial charge in [0.2, 0.25) is 0 Å². The number of imidazole rings is 1. The van der Waals surface area contributed by atoms with Crippen molar-refractivity contribution < 1.29 is 4.42 Å². The number of aromatic nitrogens is 2. The Morgan fingerprint density at radius 1 is 1.23 bits per heavy atom. The fraction of sp³-hybridized carbons (Fsp3) is 0.278. The Morgan fingerprint density at radius 3 is 2.77 bits per heavy atom. The van der Waals surface area contributed by atoms with E-state index < -0.39 is 0 Å². The van der Waals surface area contributed by atoms with E-state index in [4.69, 9.17) is 4.42 Å². The molecule has 114 valence electrons. The van der Waals surface area contributed by atoms with Gasteiger partial charge in [-0.3, -0.25) is 0 Å². The van der Waals surface area contributed by atoms with Gasteiger partial charge in [-0.25, -0.2) is 4.98 Å². The first-order chi connectivity index (χ1) is 10.6. The zero-order valence-corrected chi connectivity index (χ0v) is 13.2. The lowest BCUT2D eigenvalue weighted by Gasteiger charge is -2.26. The quantitative estimate of drug-likeness (QED) is 0.719. The molecule has 2 aromatic heterocycles. The monoisotopic (exact) mass is 295 g/mol. The van der Waals surface area contributed by atoms with Crippen molar-refractivity contribution in [1.29, 1.82) is 0 Å². The number of rotatable bonds is 5. The van der Waals surface area contributed by atoms with Gasteiger partial charge in [-0.05, 0) is 38.7 Å². The predicted molar refractivity (Wildman–Crippen MR) is 87.5 cm³/mol. The molecule has 0 aliphatic heterocycles. The maximum atomic E-state index is 5.49. The van der Waals surface area contributed by atoms with E-state index in [1.54, 1.807) is 6.26 Å². The molecule has 4 heteroatoms. The average molecular weight is 295 g/mol. The fourth-order valence-electron chi connectivity index (χ4n) is 2.72. The van der Waals surface area contributed by atoms with Crippen molar-refractivity contribution in [2.75, 3.05) is 14.1 Å². The third kappa shape index (κ3) is 2.97. The zero-order chi connectivity index (χ0) is 15.5. The Bertz CT molecular complexity index is 728. The van der Waals surface area contributed by atoms with Crippen molar-refractivity contribution in [3.8, 4) is 11.6 Å². The minimum Gasteiger partial charge on any atom is -0.461 e. The van der Waals surface area contributed by atoms with Crippen LogP contribution in [0.25, 0.3) is 11.6 Å². The maximum absolute atomic E-state index is 5.49. The van der Waals surface area contributed by atoms with Crippen molar-refractivity contribution in [3.05, 3.63) is 66.2 Å². The molecule has 0 N–H and O–H groups in total. The second kappa shape index (κ2) is 6.20. The molecule has 3 aromatic rings. The summed E-state index contributed by atoms with van der Waals surface area (Å²) in [7, 11) is 4.22. The summed E-state index contributed by atoms with van der Waals surface area (Å²) < 4.78 is 7.63. The molecule has 0 fully saturated rings. The smallest absolute Gasteiger partial charge is 0.176 e. The largest absolute Gasteiger partial charge is 0.461 e. The number of aryl methyl sites for hydroxylation is 1. The van der Waals surface area contributed by atoms with Gasteiger partial charge in [-0.1, -0.05) is 29.8 Å². The van der Waals surface area contributed by atoms with Gasteiger partial charge in [0.25, 0.3) is 0 Å². The van der Waals surface area contributed by atoms with E-state index in [1.807, 2.05) is 24.5 Å². The first kappa shape index (κ1) is 14.6. The molecule has 0 amide bonds. The van der Waals surface area contributed by atoms with Crippen LogP contribution in [0.15, 0.2) is 59.5 Å². The second-order valence-corrected chi connectivity index (χ2v) is 5.77. The molecule has 0 aliphatic carbocycles. The van der Waals surface area contributed by atoms with Crippen molar-refractivity contribution >= 4 is 0 Å². The van der Waals surface area contributed by atoms with E-state index >= 15 is 0 Å². The molecule has 0 spiro atoms. The lowest BCUT2D eigenvalue weighted by Crippen LogP contribution is -2.24. The van der Waals surface area contributed by atoms with Crippen LogP contribution >= 0.6 is 0 Å². The summed E-state index contributed by atoms with van der Waals surface area (Å²) >= 11 is 0. The lowest BCUT2D eigenvalue weighted by molar-refractivity contribution is 0.269. The molecule has 3 rings (SSSR count). The summed E-state index contributed by atoms with van der Waals surface area (Å²) in [5, 5.41) is 0. The molecule has 0 aliphatic rings. The zero-order valence-electron chi connectivity index (χ0n) is 13.2. The average Bonchev–Trinajstić information content (AvgIpc) is 3.15. The van der Waals surface area contributed by atoms with Gasteiger partial charge in [0.1, 0.15) is 0 Å². The van der Waals surface area contributed by atoms with E-state index in [-0.39, 0.29) is 6.04 Å². The predicted octanol–water partition coefficient (Wildman–Crippen LogP) is 3.75. The van der Waals surface area contributed by atoms with E-state index in [9.17, 15) is 0 Å². The second-order valence-electron chi connectivity index (χ2n) is 5.77. The molecular weight excluding hydrogens is 274 g/mol. The maximum Gasteiger partial charge on any atom is 0.176 e. The van der Waals surface area contributed by atoms with Crippen LogP contribution in [-0.4, -0.2) is 28.5 Å². The highest BCUT2D eigenvalue weighted by molar-refractivity contribution is 5.46. The Kier molecular flexibility index (Phi) is 4.11. The third-order valence-corrected chi connectivity index (χ3v) is 3.88. The Labute approximate surface area is 131 Å². The minimum atomic E-state index is 0.280. The van der Waals surface area contributed by atoms with Crippen molar-refractivity contribution in [2.45, 2.75) is 19.5 Å². The van der Waals surface area contributed by atoms with E-state index in [2.05, 4.69) is 59.7 Å². The molecule has 22 heavy (non-hydrogen) atoms. The minimum absolute atomic E-state index is 0.280. The van der Waals surface area contributed by atoms with E-state index in [0.29, 0.717) is 0 Å². The van der Waals surface area contributed by atoms with Crippen LogP contribution in [0.1, 0.15) is 17.2 Å². The summed E-state index contributed by atoms with van der Waals surface area (Å²) in [5.41, 5.74) is 2.59. The summed E-state index contributed by atoms with van der Waals surface area (Å²) in [4.78, 5) is 6.67. The summed E-state index contributed by atoms with van der Waals surface area (Å²) in [6, 6.07) is 12.8. The van der Waals surface area contributed by atoms with Gasteiger partial charge in [0.05, 0.1) is 12.3 Å². The first-order valence-electron chi connectivity index (χ1n) is 7.43. The van der Waals surface area contributed by atoms with Crippen LogP contribution in [0.3, 0.4) is 0 Å². The van der Waals surface area contributed by atoms with Gasteiger partial charge in [-0.15, -0.1) is 0 Å². The van der Waals surface area contributed by atoms with E-state index in [1.165, 1.54) is 11.1 Å². The molecule has 1 atom stereocenters. The molecule has 0 bridgehead atoms. The van der Waals surface area contributed by atoms with Crippen LogP contribution in [-0.2, 0) is 6.54 Å². The molecule has 0 saturated heterocycles. The van der Waals surface area contributed by atoms with Gasteiger partial charge in [-0.2, -0.15) is 0 Å². The van der Waals surface area contributed by atoms with Gasteiger partial charge in [0, 0.05) is 18.9 Å². The number of nitrogens with zero attached hydrogens (tertiary/aromatic N) is 3. The number of furan rings is 1. The summed E-state index contributed by atoms with van der Waals surface area (Å²) in [6.07, 6.45) is 5.50. The highest BCUT2D eigenvalue weighted by atomic mass is 16.3. The van der Waals surface area contributed by atoms with Crippen molar-refractivity contribution in [1.82, 2.24) is 14.5 Å². The van der Waals surface area contributed by atoms with Gasteiger partial charge < -0.3 is 13.9 Å². The third-order valence-electron chi connectivity index (χ3n) is 3.88. The normalized spacial score (nSPS) is 12.7. The number of hydrogen-bond acceptors (Lipinski definition) is 3. The Hall–Kier alpha value is -2.33. The van der Waals surface area contributed by atoms with Gasteiger partial charge in [0.15, 0.2) is 11.6 Å². The molecule has 0 unspecified atom stereocenters. The van der Waals surface area contributed by atoms with Crippen LogP contribution in [0.4, 0.5) is 0 Å². The Morgan fingerprint density at radius 2 is 2.09 bits per heavy atom. The first-order valence-corrected chi connectivity index (χ1v) is 7.43. The molecular formula is C18H21N3O. The topological polar surface area (TPSA) is 34.2 Å². The van der Waals surface area contributed by atoms with Crippen LogP contribution in [0, 0.1) is 6.92 Å². The van der Waals surface area contributed by atoms with E-state index in [0.717, 1.165) is 18.1 Å². The van der Waals surface area contributed by atoms with Crippen molar-refractivity contribution in [3.63, 3.8) is 0 Å². The molecule has 4 nitrogen and oxygen atoms in total. The highest BCUT2D eigenvalue weighted by Crippen LogP contribution is 2.25. The summed E-state index contributed by atoms with van der Waals surface area (Å²) in [5.74, 6) is 1.66. The summed E-state index contributed by atoms with van der Waals surface area (Å²) in [6.45, 7) is 2.95. The fourth-order valence-corrected chi connectivity index (χ4v) is 2.72. The lowest BCUT2D eigenvalue weighted by atomic mass is 10.0. The number of benzene rings is 1. The SMILES string of the molecule is Cc1cccc([C@H](Cn2ccnc2-c2ccco2)N(C)C)c1. The molecule has 0 radical (unpaired) electrons. The molecule has 2 heterocycles. The Balaban J connectivity index is 1.91. The molecule has 0 saturated carbocycles. The van der Waals surface area contributed by atoms with Crippen LogP contribution in [0.5, 0.6) is 0 Å². The van der Waals surface area contributed by atoms with Gasteiger partial charge >= 0.3 is 0 Å². The number of likely N-dealkylation sites (N-methyl/N-ethyl adjacent to an activating group) is 1. The van der Waals surface area contributed by atoms with Crippen molar-refractivity contribution in [2.24, 2.45) is 0 Å².